The van der Waals surface area contributed by atoms with Gasteiger partial charge in [0.15, 0.2) is 11.6 Å². The number of amides is 1. The largest absolute Gasteiger partial charge is 0.447 e. The number of ether oxygens (including phenoxy) is 3. The molecule has 2 aliphatic heterocycles. The Morgan fingerprint density at radius 3 is 2.70 bits per heavy atom. The highest BCUT2D eigenvalue weighted by atomic mass is 19.1. The van der Waals surface area contributed by atoms with Crippen LogP contribution in [0.4, 0.5) is 20.7 Å². The minimum atomic E-state index is -0.515. The Labute approximate surface area is 155 Å². The van der Waals surface area contributed by atoms with E-state index in [2.05, 4.69) is 5.16 Å². The number of halogens is 1. The van der Waals surface area contributed by atoms with E-state index in [4.69, 9.17) is 18.7 Å². The van der Waals surface area contributed by atoms with Gasteiger partial charge in [0.25, 0.3) is 0 Å². The van der Waals surface area contributed by atoms with Crippen LogP contribution in [0.2, 0.25) is 0 Å². The van der Waals surface area contributed by atoms with Gasteiger partial charge in [0.1, 0.15) is 6.61 Å². The van der Waals surface area contributed by atoms with Gasteiger partial charge in [-0.15, -0.1) is 0 Å². The average Bonchev–Trinajstić information content (AvgIpc) is 3.20. The molecule has 8 nitrogen and oxygen atoms in total. The topological polar surface area (TPSA) is 77.3 Å². The lowest BCUT2D eigenvalue weighted by Crippen LogP contribution is -2.46. The smallest absolute Gasteiger partial charge is 0.415 e. The molecule has 2 fully saturated rings. The van der Waals surface area contributed by atoms with Crippen LogP contribution in [0.5, 0.6) is 0 Å². The number of nitrogens with zero attached hydrogens (tertiary/aromatic N) is 3. The van der Waals surface area contributed by atoms with E-state index in [1.54, 1.807) is 13.2 Å². The molecule has 3 heterocycles. The van der Waals surface area contributed by atoms with Gasteiger partial charge >= 0.3 is 6.09 Å². The number of hydrogen-bond donors (Lipinski definition) is 0. The van der Waals surface area contributed by atoms with Crippen molar-refractivity contribution in [2.75, 3.05) is 43.2 Å². The second-order valence-electron chi connectivity index (χ2n) is 6.94. The first-order chi connectivity index (χ1) is 13.0. The Morgan fingerprint density at radius 1 is 1.33 bits per heavy atom. The van der Waals surface area contributed by atoms with Crippen molar-refractivity contribution < 1.29 is 27.9 Å². The Hall–Kier alpha value is -2.39. The van der Waals surface area contributed by atoms with Crippen LogP contribution < -0.4 is 9.80 Å². The molecule has 0 spiro atoms. The number of cyclic esters (lactones) is 1. The van der Waals surface area contributed by atoms with Crippen LogP contribution in [0.15, 0.2) is 10.6 Å². The standard InChI is InChI=1S/C18H22FN3O5/c1-10-7-21(8-11(2)26-10)15-12(9-24-3)6-13-16(14(15)19)27-20-17(13)22-4-5-25-18(22)23/h6,10-11H,4-5,7-9H2,1-3H3. The molecule has 0 aliphatic carbocycles. The van der Waals surface area contributed by atoms with Crippen molar-refractivity contribution in [2.45, 2.75) is 32.7 Å². The van der Waals surface area contributed by atoms with Crippen LogP contribution in [0.1, 0.15) is 19.4 Å². The van der Waals surface area contributed by atoms with Crippen molar-refractivity contribution in [1.82, 2.24) is 5.16 Å². The summed E-state index contributed by atoms with van der Waals surface area (Å²) in [6.45, 7) is 5.87. The minimum Gasteiger partial charge on any atom is -0.447 e. The highest BCUT2D eigenvalue weighted by Crippen LogP contribution is 2.38. The molecule has 0 bridgehead atoms. The number of fused-ring (bicyclic) bond motifs is 1. The van der Waals surface area contributed by atoms with E-state index in [1.807, 2.05) is 18.7 Å². The van der Waals surface area contributed by atoms with Gasteiger partial charge < -0.3 is 23.6 Å². The zero-order valence-corrected chi connectivity index (χ0v) is 15.5. The van der Waals surface area contributed by atoms with Gasteiger partial charge in [0.05, 0.1) is 36.4 Å². The van der Waals surface area contributed by atoms with E-state index >= 15 is 4.39 Å². The van der Waals surface area contributed by atoms with Gasteiger partial charge in [0, 0.05) is 25.8 Å². The summed E-state index contributed by atoms with van der Waals surface area (Å²) in [5.41, 5.74) is 1.12. The normalized spacial score (nSPS) is 23.3. The minimum absolute atomic E-state index is 0.0198. The third-order valence-electron chi connectivity index (χ3n) is 4.79. The van der Waals surface area contributed by atoms with E-state index in [0.29, 0.717) is 36.3 Å². The van der Waals surface area contributed by atoms with Gasteiger partial charge in [0.2, 0.25) is 5.58 Å². The molecule has 146 valence electrons. The predicted octanol–water partition coefficient (Wildman–Crippen LogP) is 2.68. The molecular weight excluding hydrogens is 357 g/mol. The second-order valence-corrected chi connectivity index (χ2v) is 6.94. The Morgan fingerprint density at radius 2 is 2.07 bits per heavy atom. The van der Waals surface area contributed by atoms with E-state index in [0.717, 1.165) is 0 Å². The highest BCUT2D eigenvalue weighted by Gasteiger charge is 2.32. The molecule has 2 unspecified atom stereocenters. The van der Waals surface area contributed by atoms with Crippen LogP contribution >= 0.6 is 0 Å². The zero-order chi connectivity index (χ0) is 19.1. The summed E-state index contributed by atoms with van der Waals surface area (Å²) in [6, 6.07) is 1.78. The first-order valence-corrected chi connectivity index (χ1v) is 8.94. The lowest BCUT2D eigenvalue weighted by atomic mass is 10.1. The number of hydrogen-bond acceptors (Lipinski definition) is 7. The van der Waals surface area contributed by atoms with Crippen molar-refractivity contribution >= 4 is 28.6 Å². The number of aromatic nitrogens is 1. The number of rotatable bonds is 4. The quantitative estimate of drug-likeness (QED) is 0.808. The number of anilines is 2. The molecule has 27 heavy (non-hydrogen) atoms. The van der Waals surface area contributed by atoms with E-state index in [-0.39, 0.29) is 36.8 Å². The van der Waals surface area contributed by atoms with Crippen LogP contribution in [-0.2, 0) is 20.8 Å². The van der Waals surface area contributed by atoms with Crippen molar-refractivity contribution in [2.24, 2.45) is 0 Å². The number of methoxy groups -OCH3 is 1. The maximum atomic E-state index is 15.5. The molecule has 0 saturated carbocycles. The fourth-order valence-corrected chi connectivity index (χ4v) is 3.82. The lowest BCUT2D eigenvalue weighted by molar-refractivity contribution is -0.00552. The lowest BCUT2D eigenvalue weighted by Gasteiger charge is -2.37. The Bertz CT molecular complexity index is 860. The fraction of sp³-hybridized carbons (Fsp3) is 0.556. The molecule has 2 atom stereocenters. The molecule has 1 aromatic carbocycles. The first kappa shape index (κ1) is 18.0. The Balaban J connectivity index is 1.83. The monoisotopic (exact) mass is 379 g/mol. The summed E-state index contributed by atoms with van der Waals surface area (Å²) >= 11 is 0. The molecule has 2 saturated heterocycles. The first-order valence-electron chi connectivity index (χ1n) is 8.94. The predicted molar refractivity (Wildman–Crippen MR) is 95.6 cm³/mol. The Kier molecular flexibility index (Phi) is 4.65. The number of carbonyl (C=O) groups excluding carboxylic acids is 1. The van der Waals surface area contributed by atoms with E-state index in [9.17, 15) is 4.79 Å². The molecule has 2 aliphatic rings. The maximum Gasteiger partial charge on any atom is 0.415 e. The number of morpholine rings is 1. The summed E-state index contributed by atoms with van der Waals surface area (Å²) in [6.07, 6.45) is -0.563. The second kappa shape index (κ2) is 6.97. The SMILES string of the molecule is COCc1cc2c(N3CCOC3=O)noc2c(F)c1N1CC(C)OC(C)C1. The van der Waals surface area contributed by atoms with Crippen molar-refractivity contribution in [3.63, 3.8) is 0 Å². The van der Waals surface area contributed by atoms with Gasteiger partial charge in [-0.1, -0.05) is 5.16 Å². The summed E-state index contributed by atoms with van der Waals surface area (Å²) in [4.78, 5) is 15.2. The van der Waals surface area contributed by atoms with Gasteiger partial charge in [-0.05, 0) is 19.9 Å². The third kappa shape index (κ3) is 3.10. The molecule has 0 N–H and O–H groups in total. The van der Waals surface area contributed by atoms with Crippen LogP contribution in [0.3, 0.4) is 0 Å². The van der Waals surface area contributed by atoms with Crippen LogP contribution in [0.25, 0.3) is 11.0 Å². The van der Waals surface area contributed by atoms with Crippen molar-refractivity contribution in [3.8, 4) is 0 Å². The van der Waals surface area contributed by atoms with Crippen molar-refractivity contribution in [1.29, 1.82) is 0 Å². The maximum absolute atomic E-state index is 15.5. The third-order valence-corrected chi connectivity index (χ3v) is 4.79. The van der Waals surface area contributed by atoms with Gasteiger partial charge in [-0.2, -0.15) is 0 Å². The average molecular weight is 379 g/mol. The zero-order valence-electron chi connectivity index (χ0n) is 15.5. The van der Waals surface area contributed by atoms with E-state index in [1.165, 1.54) is 4.90 Å². The van der Waals surface area contributed by atoms with E-state index < -0.39 is 11.9 Å². The molecule has 9 heteroatoms. The molecule has 1 aromatic heterocycles. The number of carbonyl (C=O) groups is 1. The summed E-state index contributed by atoms with van der Waals surface area (Å²) < 4.78 is 36.8. The highest BCUT2D eigenvalue weighted by molar-refractivity contribution is 6.00. The van der Waals surface area contributed by atoms with Crippen LogP contribution in [0, 0.1) is 5.82 Å². The molecular formula is C18H22FN3O5. The molecule has 2 aromatic rings. The molecule has 4 rings (SSSR count). The molecule has 1 amide bonds. The number of benzene rings is 1. The summed E-state index contributed by atoms with van der Waals surface area (Å²) in [7, 11) is 1.56. The summed E-state index contributed by atoms with van der Waals surface area (Å²) in [5, 5.41) is 4.36. The van der Waals surface area contributed by atoms with Crippen molar-refractivity contribution in [3.05, 3.63) is 17.4 Å². The van der Waals surface area contributed by atoms with Gasteiger partial charge in [-0.25, -0.2) is 9.18 Å². The molecule has 0 radical (unpaired) electrons. The van der Waals surface area contributed by atoms with Gasteiger partial charge in [-0.3, -0.25) is 4.90 Å². The fourth-order valence-electron chi connectivity index (χ4n) is 3.82. The summed E-state index contributed by atoms with van der Waals surface area (Å²) in [5.74, 6) is -0.244. The van der Waals surface area contributed by atoms with Crippen LogP contribution in [-0.4, -0.2) is 56.8 Å².